The minimum absolute atomic E-state index is 0.108. The van der Waals surface area contributed by atoms with E-state index in [2.05, 4.69) is 18.9 Å². The predicted molar refractivity (Wildman–Crippen MR) is 75.0 cm³/mol. The van der Waals surface area contributed by atoms with Gasteiger partial charge in [0.25, 0.3) is 9.05 Å². The van der Waals surface area contributed by atoms with Crippen molar-refractivity contribution >= 4 is 19.7 Å². The summed E-state index contributed by atoms with van der Waals surface area (Å²) in [5, 5.41) is 4.18. The molecular formula is C12H21ClN2O3S. The summed E-state index contributed by atoms with van der Waals surface area (Å²) in [4.78, 5) is 0.108. The quantitative estimate of drug-likeness (QED) is 0.573. The summed E-state index contributed by atoms with van der Waals surface area (Å²) in [6, 6.07) is 0. The predicted octanol–water partition coefficient (Wildman–Crippen LogP) is 2.49. The van der Waals surface area contributed by atoms with Crippen molar-refractivity contribution < 1.29 is 13.2 Å². The number of aromatic nitrogens is 2. The molecular weight excluding hydrogens is 288 g/mol. The third-order valence-electron chi connectivity index (χ3n) is 2.85. The molecule has 0 N–H and O–H groups in total. The third-order valence-corrected chi connectivity index (χ3v) is 4.39. The Labute approximate surface area is 119 Å². The Balaban J connectivity index is 2.61. The largest absolute Gasteiger partial charge is 0.380 e. The number of rotatable bonds is 7. The number of hydrogen-bond donors (Lipinski definition) is 0. The highest BCUT2D eigenvalue weighted by molar-refractivity contribution is 8.13. The second kappa shape index (κ2) is 6.72. The van der Waals surface area contributed by atoms with Gasteiger partial charge < -0.3 is 4.74 Å². The Hall–Kier alpha value is -0.590. The lowest BCUT2D eigenvalue weighted by molar-refractivity contribution is 0.113. The van der Waals surface area contributed by atoms with Crippen LogP contribution in [0.3, 0.4) is 0 Å². The first-order valence-electron chi connectivity index (χ1n) is 6.30. The highest BCUT2D eigenvalue weighted by atomic mass is 35.7. The highest BCUT2D eigenvalue weighted by Crippen LogP contribution is 2.22. The summed E-state index contributed by atoms with van der Waals surface area (Å²) in [7, 11) is 1.65. The summed E-state index contributed by atoms with van der Waals surface area (Å²) in [5.74, 6) is 0.613. The molecule has 0 spiro atoms. The minimum atomic E-state index is -3.74. The van der Waals surface area contributed by atoms with Crippen LogP contribution >= 0.6 is 10.7 Å². The van der Waals surface area contributed by atoms with Crippen LogP contribution in [0.15, 0.2) is 4.90 Å². The van der Waals surface area contributed by atoms with E-state index in [1.165, 1.54) is 0 Å². The third kappa shape index (κ3) is 4.78. The Bertz CT molecular complexity index is 523. The van der Waals surface area contributed by atoms with Crippen molar-refractivity contribution in [1.82, 2.24) is 9.78 Å². The van der Waals surface area contributed by atoms with Gasteiger partial charge in [-0.15, -0.1) is 0 Å². The van der Waals surface area contributed by atoms with Crippen LogP contribution in [0.1, 0.15) is 31.7 Å². The summed E-state index contributed by atoms with van der Waals surface area (Å²) in [6.45, 7) is 9.36. The second-order valence-electron chi connectivity index (χ2n) is 4.96. The molecule has 0 saturated heterocycles. The number of ether oxygens (including phenoxy) is 1. The van der Waals surface area contributed by atoms with Gasteiger partial charge in [-0.05, 0) is 26.2 Å². The van der Waals surface area contributed by atoms with Crippen LogP contribution in [0.4, 0.5) is 0 Å². The first-order valence-corrected chi connectivity index (χ1v) is 8.60. The minimum Gasteiger partial charge on any atom is -0.380 e. The Morgan fingerprint density at radius 3 is 2.42 bits per heavy atom. The van der Waals surface area contributed by atoms with Gasteiger partial charge in [-0.2, -0.15) is 5.10 Å². The van der Waals surface area contributed by atoms with Gasteiger partial charge in [-0.25, -0.2) is 8.42 Å². The summed E-state index contributed by atoms with van der Waals surface area (Å²) >= 11 is 0. The van der Waals surface area contributed by atoms with Crippen LogP contribution in [0.2, 0.25) is 0 Å². The van der Waals surface area contributed by atoms with Crippen molar-refractivity contribution in [3.8, 4) is 0 Å². The van der Waals surface area contributed by atoms with E-state index in [0.29, 0.717) is 37.1 Å². The Morgan fingerprint density at radius 2 is 1.95 bits per heavy atom. The van der Waals surface area contributed by atoms with Gasteiger partial charge in [0.2, 0.25) is 0 Å². The average Bonchev–Trinajstić information content (AvgIpc) is 2.52. The maximum Gasteiger partial charge on any atom is 0.264 e. The fraction of sp³-hybridized carbons (Fsp3) is 0.750. The van der Waals surface area contributed by atoms with Crippen LogP contribution in [0.5, 0.6) is 0 Å². The van der Waals surface area contributed by atoms with Gasteiger partial charge in [-0.3, -0.25) is 4.68 Å². The smallest absolute Gasteiger partial charge is 0.264 e. The molecule has 0 atom stereocenters. The van der Waals surface area contributed by atoms with E-state index in [1.54, 1.807) is 18.5 Å². The van der Waals surface area contributed by atoms with E-state index in [0.717, 1.165) is 6.42 Å². The van der Waals surface area contributed by atoms with Gasteiger partial charge in [0, 0.05) is 17.3 Å². The standard InChI is InChI=1S/C12H21ClN2O3S/c1-9(2)5-7-18-8-6-15-11(4)12(10(3)14-15)19(13,16)17/h9H,5-8H2,1-4H3. The van der Waals surface area contributed by atoms with Crippen molar-refractivity contribution in [2.24, 2.45) is 5.92 Å². The molecule has 0 aliphatic carbocycles. The van der Waals surface area contributed by atoms with E-state index >= 15 is 0 Å². The van der Waals surface area contributed by atoms with Gasteiger partial charge in [0.05, 0.1) is 24.5 Å². The maximum absolute atomic E-state index is 11.4. The number of hydrogen-bond acceptors (Lipinski definition) is 4. The topological polar surface area (TPSA) is 61.2 Å². The highest BCUT2D eigenvalue weighted by Gasteiger charge is 2.22. The van der Waals surface area contributed by atoms with E-state index < -0.39 is 9.05 Å². The summed E-state index contributed by atoms with van der Waals surface area (Å²) in [6.07, 6.45) is 1.01. The van der Waals surface area contributed by atoms with E-state index in [-0.39, 0.29) is 4.90 Å². The number of nitrogens with zero attached hydrogens (tertiary/aromatic N) is 2. The van der Waals surface area contributed by atoms with Gasteiger partial charge in [0.15, 0.2) is 0 Å². The van der Waals surface area contributed by atoms with E-state index in [9.17, 15) is 8.42 Å². The average molecular weight is 309 g/mol. The fourth-order valence-corrected chi connectivity index (χ4v) is 3.35. The molecule has 1 aromatic heterocycles. The van der Waals surface area contributed by atoms with Crippen LogP contribution < -0.4 is 0 Å². The zero-order chi connectivity index (χ0) is 14.6. The van der Waals surface area contributed by atoms with Crippen molar-refractivity contribution in [3.63, 3.8) is 0 Å². The zero-order valence-electron chi connectivity index (χ0n) is 11.8. The second-order valence-corrected chi connectivity index (χ2v) is 7.46. The molecule has 0 bridgehead atoms. The SMILES string of the molecule is Cc1nn(CCOCCC(C)C)c(C)c1S(=O)(=O)Cl. The molecule has 0 radical (unpaired) electrons. The monoisotopic (exact) mass is 308 g/mol. The van der Waals surface area contributed by atoms with Gasteiger partial charge in [-0.1, -0.05) is 13.8 Å². The summed E-state index contributed by atoms with van der Waals surface area (Å²) < 4.78 is 30.0. The molecule has 0 amide bonds. The Morgan fingerprint density at radius 1 is 1.32 bits per heavy atom. The maximum atomic E-state index is 11.4. The molecule has 1 heterocycles. The molecule has 0 aliphatic rings. The van der Waals surface area contributed by atoms with Crippen molar-refractivity contribution in [1.29, 1.82) is 0 Å². The zero-order valence-corrected chi connectivity index (χ0v) is 13.4. The fourth-order valence-electron chi connectivity index (χ4n) is 1.82. The van der Waals surface area contributed by atoms with Crippen LogP contribution in [0, 0.1) is 19.8 Å². The molecule has 0 fully saturated rings. The lowest BCUT2D eigenvalue weighted by atomic mass is 10.1. The van der Waals surface area contributed by atoms with Crippen molar-refractivity contribution in [3.05, 3.63) is 11.4 Å². The molecule has 0 aliphatic heterocycles. The summed E-state index contributed by atoms with van der Waals surface area (Å²) in [5.41, 5.74) is 0.981. The van der Waals surface area contributed by atoms with E-state index in [1.807, 2.05) is 0 Å². The van der Waals surface area contributed by atoms with Gasteiger partial charge in [0.1, 0.15) is 4.90 Å². The Kier molecular flexibility index (Phi) is 5.82. The first-order chi connectivity index (χ1) is 8.73. The molecule has 110 valence electrons. The normalized spacial score (nSPS) is 12.3. The van der Waals surface area contributed by atoms with Gasteiger partial charge >= 0.3 is 0 Å². The molecule has 1 rings (SSSR count). The molecule has 5 nitrogen and oxygen atoms in total. The molecule has 0 aromatic carbocycles. The lowest BCUT2D eigenvalue weighted by Gasteiger charge is -2.07. The van der Waals surface area contributed by atoms with E-state index in [4.69, 9.17) is 15.4 Å². The molecule has 7 heteroatoms. The first kappa shape index (κ1) is 16.5. The molecule has 0 unspecified atom stereocenters. The molecule has 19 heavy (non-hydrogen) atoms. The van der Waals surface area contributed by atoms with Crippen LogP contribution in [-0.2, 0) is 20.3 Å². The lowest BCUT2D eigenvalue weighted by Crippen LogP contribution is -2.10. The van der Waals surface area contributed by atoms with Crippen molar-refractivity contribution in [2.75, 3.05) is 13.2 Å². The number of aryl methyl sites for hydroxylation is 1. The molecule has 0 saturated carbocycles. The number of halogens is 1. The van der Waals surface area contributed by atoms with Crippen molar-refractivity contribution in [2.45, 2.75) is 45.6 Å². The molecule has 1 aromatic rings. The van der Waals surface area contributed by atoms with Crippen LogP contribution in [-0.4, -0.2) is 31.4 Å². The van der Waals surface area contributed by atoms with Crippen LogP contribution in [0.25, 0.3) is 0 Å².